The number of benzene rings is 1. The molecular weight excluding hydrogens is 403 g/mol. The van der Waals surface area contributed by atoms with Crippen LogP contribution >= 0.6 is 8.25 Å². The Morgan fingerprint density at radius 3 is 1.31 bits per heavy atom. The normalized spacial score (nSPS) is 10.0. The van der Waals surface area contributed by atoms with E-state index in [2.05, 4.69) is 0 Å². The van der Waals surface area contributed by atoms with Crippen molar-refractivity contribution in [2.24, 2.45) is 0 Å². The number of halogens is 6. The minimum atomic E-state index is -2.66. The summed E-state index contributed by atoms with van der Waals surface area (Å²) in [6.07, 6.45) is 0. The van der Waals surface area contributed by atoms with Crippen molar-refractivity contribution in [1.82, 2.24) is 0 Å². The summed E-state index contributed by atoms with van der Waals surface area (Å²) < 4.78 is 61.7. The van der Waals surface area contributed by atoms with E-state index in [-0.39, 0.29) is 0 Å². The first-order valence-corrected chi connectivity index (χ1v) is 12.6. The van der Waals surface area contributed by atoms with Crippen LogP contribution in [0, 0.1) is 29.1 Å². The van der Waals surface area contributed by atoms with Crippen molar-refractivity contribution in [2.75, 3.05) is 0 Å². The average Bonchev–Trinajstić information content (AvgIpc) is 2.13. The second-order valence-corrected chi connectivity index (χ2v) is 8.32. The van der Waals surface area contributed by atoms with E-state index >= 15 is 0 Å². The molecule has 0 amide bonds. The summed E-state index contributed by atoms with van der Waals surface area (Å²) >= 11 is -2.66. The van der Waals surface area contributed by atoms with Crippen LogP contribution in [-0.2, 0) is 23.3 Å². The molecule has 0 spiro atoms. The summed E-state index contributed by atoms with van der Waals surface area (Å²) in [5.74, 6) is -9.55. The summed E-state index contributed by atoms with van der Waals surface area (Å²) in [4.78, 5) is 0. The van der Waals surface area contributed by atoms with Crippen LogP contribution < -0.4 is 3.07 Å². The Kier molecular flexibility index (Phi) is 3.51. The molecule has 0 unspecified atom stereocenters. The van der Waals surface area contributed by atoms with E-state index < -0.39 is 55.5 Å². The molecule has 0 heterocycles. The molecule has 7 heteroatoms. The van der Waals surface area contributed by atoms with Gasteiger partial charge in [-0.05, 0) is 0 Å². The van der Waals surface area contributed by atoms with E-state index in [1.807, 2.05) is 0 Å². The van der Waals surface area contributed by atoms with Gasteiger partial charge in [-0.1, -0.05) is 0 Å². The molecular formula is C6ClF5Hg. The molecule has 0 aliphatic carbocycles. The first-order valence-electron chi connectivity index (χ1n) is 3.07. The van der Waals surface area contributed by atoms with Crippen LogP contribution in [0.4, 0.5) is 22.0 Å². The summed E-state index contributed by atoms with van der Waals surface area (Å²) in [5, 5.41) is 0. The van der Waals surface area contributed by atoms with Crippen LogP contribution in [0.25, 0.3) is 0 Å². The molecule has 1 aromatic rings. The fourth-order valence-corrected chi connectivity index (χ4v) is 4.95. The van der Waals surface area contributed by atoms with Crippen molar-refractivity contribution in [1.29, 1.82) is 0 Å². The van der Waals surface area contributed by atoms with Gasteiger partial charge in [0.1, 0.15) is 0 Å². The maximum atomic E-state index is 12.7. The Morgan fingerprint density at radius 2 is 1.00 bits per heavy atom. The number of hydrogen-bond donors (Lipinski definition) is 0. The van der Waals surface area contributed by atoms with E-state index in [0.29, 0.717) is 0 Å². The zero-order valence-corrected chi connectivity index (χ0v) is 12.2. The van der Waals surface area contributed by atoms with E-state index in [1.54, 1.807) is 0 Å². The molecule has 0 aromatic heterocycles. The maximum absolute atomic E-state index is 12.7. The van der Waals surface area contributed by atoms with E-state index in [4.69, 9.17) is 8.25 Å². The van der Waals surface area contributed by atoms with Gasteiger partial charge >= 0.3 is 85.7 Å². The van der Waals surface area contributed by atoms with Gasteiger partial charge < -0.3 is 0 Å². The molecule has 0 bridgehead atoms. The summed E-state index contributed by atoms with van der Waals surface area (Å²) in [6.45, 7) is 0. The van der Waals surface area contributed by atoms with Gasteiger partial charge in [0, 0.05) is 0 Å². The summed E-state index contributed by atoms with van der Waals surface area (Å²) in [6, 6.07) is 0. The van der Waals surface area contributed by atoms with E-state index in [0.717, 1.165) is 0 Å². The molecule has 13 heavy (non-hydrogen) atoms. The first kappa shape index (κ1) is 11.2. The first-order chi connectivity index (χ1) is 6.00. The van der Waals surface area contributed by atoms with Crippen LogP contribution in [0.15, 0.2) is 0 Å². The third kappa shape index (κ3) is 1.81. The van der Waals surface area contributed by atoms with Crippen molar-refractivity contribution in [3.63, 3.8) is 0 Å². The minimum absolute atomic E-state index is 0.793. The second kappa shape index (κ2) is 4.08. The second-order valence-electron chi connectivity index (χ2n) is 2.18. The summed E-state index contributed by atoms with van der Waals surface area (Å²) in [5.41, 5.74) is 0. The van der Waals surface area contributed by atoms with Crippen molar-refractivity contribution < 1.29 is 45.3 Å². The van der Waals surface area contributed by atoms with Crippen LogP contribution in [0.3, 0.4) is 0 Å². The zero-order valence-electron chi connectivity index (χ0n) is 5.97. The molecule has 0 atom stereocenters. The van der Waals surface area contributed by atoms with Gasteiger partial charge in [-0.15, -0.1) is 0 Å². The molecule has 0 fully saturated rings. The standard InChI is InChI=1S/C6F5.ClH.Hg/c7-2-1-3(8)5(10)6(11)4(2)9;;/h;1H;/q;;+1/p-1. The SMILES string of the molecule is Fc1c(F)c(F)[c]([Hg][Cl])c(F)c1F. The van der Waals surface area contributed by atoms with E-state index in [9.17, 15) is 22.0 Å². The Bertz CT molecular complexity index is 324. The van der Waals surface area contributed by atoms with Gasteiger partial charge in [-0.2, -0.15) is 0 Å². The fraction of sp³-hybridized carbons (Fsp3) is 0. The predicted molar refractivity (Wildman–Crippen MR) is 31.7 cm³/mol. The number of rotatable bonds is 1. The van der Waals surface area contributed by atoms with Gasteiger partial charge in [0.25, 0.3) is 0 Å². The van der Waals surface area contributed by atoms with Crippen molar-refractivity contribution in [2.45, 2.75) is 0 Å². The Balaban J connectivity index is 3.56. The molecule has 0 nitrogen and oxygen atoms in total. The Labute approximate surface area is 85.6 Å². The Hall–Kier alpha value is 0.0951. The van der Waals surface area contributed by atoms with Crippen LogP contribution in [0.2, 0.25) is 0 Å². The van der Waals surface area contributed by atoms with Gasteiger partial charge in [0.15, 0.2) is 0 Å². The number of hydrogen-bond acceptors (Lipinski definition) is 0. The molecule has 0 aliphatic rings. The van der Waals surface area contributed by atoms with Gasteiger partial charge in [0.2, 0.25) is 0 Å². The van der Waals surface area contributed by atoms with Crippen molar-refractivity contribution in [3.8, 4) is 0 Å². The quantitative estimate of drug-likeness (QED) is 0.292. The predicted octanol–water partition coefficient (Wildman–Crippen LogP) is 2.24. The zero-order chi connectivity index (χ0) is 10.2. The van der Waals surface area contributed by atoms with Crippen LogP contribution in [-0.4, -0.2) is 0 Å². The van der Waals surface area contributed by atoms with Crippen molar-refractivity contribution >= 4 is 11.3 Å². The monoisotopic (exact) mass is 404 g/mol. The summed E-state index contributed by atoms with van der Waals surface area (Å²) in [7, 11) is 5.22. The molecule has 68 valence electrons. The molecule has 1 rings (SSSR count). The van der Waals surface area contributed by atoms with Crippen molar-refractivity contribution in [3.05, 3.63) is 29.1 Å². The fourth-order valence-electron chi connectivity index (χ4n) is 0.768. The molecule has 0 N–H and O–H groups in total. The van der Waals surface area contributed by atoms with E-state index in [1.165, 1.54) is 0 Å². The molecule has 0 aliphatic heterocycles. The van der Waals surface area contributed by atoms with Gasteiger partial charge in [0.05, 0.1) is 0 Å². The average molecular weight is 403 g/mol. The third-order valence-corrected chi connectivity index (χ3v) is 7.23. The van der Waals surface area contributed by atoms with Crippen LogP contribution in [0.1, 0.15) is 0 Å². The van der Waals surface area contributed by atoms with Crippen LogP contribution in [0.5, 0.6) is 0 Å². The molecule has 0 saturated heterocycles. The Morgan fingerprint density at radius 1 is 0.692 bits per heavy atom. The van der Waals surface area contributed by atoms with Gasteiger partial charge in [-0.25, -0.2) is 0 Å². The molecule has 1 aromatic carbocycles. The topological polar surface area (TPSA) is 0 Å². The third-order valence-electron chi connectivity index (χ3n) is 1.43. The van der Waals surface area contributed by atoms with Gasteiger partial charge in [-0.3, -0.25) is 0 Å². The molecule has 0 saturated carbocycles. The molecule has 0 radical (unpaired) electrons.